The Hall–Kier alpha value is -2.33. The SMILES string of the molecule is NC(=O)[C@H]1CC[C@@H](n2c(Nc3c(Cl)cc(Cl)cc3Cl)nc3cnc(N[C@@H]4CCCOC4)nc32)CC1. The first-order valence-corrected chi connectivity index (χ1v) is 12.8. The minimum absolute atomic E-state index is 0.0590. The fourth-order valence-corrected chi connectivity index (χ4v) is 5.74. The van der Waals surface area contributed by atoms with Gasteiger partial charge < -0.3 is 21.1 Å². The molecule has 2 aliphatic rings. The first-order chi connectivity index (χ1) is 16.9. The summed E-state index contributed by atoms with van der Waals surface area (Å²) in [6.07, 6.45) is 6.64. The Kier molecular flexibility index (Phi) is 7.20. The molecule has 12 heteroatoms. The highest BCUT2D eigenvalue weighted by molar-refractivity contribution is 6.41. The van der Waals surface area contributed by atoms with Gasteiger partial charge in [-0.05, 0) is 50.7 Å². The van der Waals surface area contributed by atoms with Crippen LogP contribution >= 0.6 is 34.8 Å². The Morgan fingerprint density at radius 1 is 1.09 bits per heavy atom. The number of nitrogens with zero attached hydrogens (tertiary/aromatic N) is 4. The number of benzene rings is 1. The topological polar surface area (TPSA) is 120 Å². The van der Waals surface area contributed by atoms with E-state index in [-0.39, 0.29) is 23.9 Å². The fraction of sp³-hybridized carbons (Fsp3) is 0.478. The first kappa shape index (κ1) is 24.4. The largest absolute Gasteiger partial charge is 0.379 e. The highest BCUT2D eigenvalue weighted by Gasteiger charge is 2.29. The Balaban J connectivity index is 1.52. The summed E-state index contributed by atoms with van der Waals surface area (Å²) in [5.41, 5.74) is 7.38. The number of primary amides is 1. The third kappa shape index (κ3) is 5.28. The van der Waals surface area contributed by atoms with E-state index >= 15 is 0 Å². The summed E-state index contributed by atoms with van der Waals surface area (Å²) in [5.74, 6) is 0.700. The Labute approximate surface area is 217 Å². The number of carbonyl (C=O) groups excluding carboxylic acids is 1. The number of halogens is 3. The molecule has 0 unspecified atom stereocenters. The van der Waals surface area contributed by atoms with Gasteiger partial charge in [-0.15, -0.1) is 0 Å². The zero-order valence-corrected chi connectivity index (χ0v) is 21.2. The lowest BCUT2D eigenvalue weighted by atomic mass is 9.85. The van der Waals surface area contributed by atoms with Crippen LogP contribution in [0.1, 0.15) is 44.6 Å². The van der Waals surface area contributed by atoms with E-state index in [1.165, 1.54) is 0 Å². The van der Waals surface area contributed by atoms with Crippen molar-refractivity contribution in [1.82, 2.24) is 19.5 Å². The van der Waals surface area contributed by atoms with E-state index in [9.17, 15) is 4.79 Å². The predicted molar refractivity (Wildman–Crippen MR) is 138 cm³/mol. The van der Waals surface area contributed by atoms with E-state index in [1.54, 1.807) is 18.3 Å². The smallest absolute Gasteiger partial charge is 0.225 e. The van der Waals surface area contributed by atoms with E-state index in [0.29, 0.717) is 63.3 Å². The lowest BCUT2D eigenvalue weighted by Gasteiger charge is -2.29. The quantitative estimate of drug-likeness (QED) is 0.387. The molecule has 1 aliphatic carbocycles. The molecule has 5 rings (SSSR count). The standard InChI is InChI=1S/C23H26Cl3N7O2/c24-13-8-16(25)19(17(26)9-13)31-23-30-18-10-28-22(29-14-2-1-7-35-11-14)32-21(18)33(23)15-5-3-12(4-6-15)20(27)34/h8-10,12,14-15H,1-7,11H2,(H2,27,34)(H,30,31)(H,28,29,32)/t12-,14-,15+/m1/s1. The molecule has 1 aliphatic heterocycles. The van der Waals surface area contributed by atoms with Crippen molar-refractivity contribution in [2.45, 2.75) is 50.6 Å². The number of aromatic nitrogens is 4. The molecule has 1 saturated carbocycles. The number of rotatable bonds is 6. The average Bonchev–Trinajstić information content (AvgIpc) is 3.19. The lowest BCUT2D eigenvalue weighted by Crippen LogP contribution is -2.31. The van der Waals surface area contributed by atoms with Crippen molar-refractivity contribution < 1.29 is 9.53 Å². The molecule has 1 amide bonds. The third-order valence-electron chi connectivity index (χ3n) is 6.63. The summed E-state index contributed by atoms with van der Waals surface area (Å²) in [6, 6.07) is 3.46. The van der Waals surface area contributed by atoms with Gasteiger partial charge in [-0.3, -0.25) is 9.36 Å². The number of hydrogen-bond acceptors (Lipinski definition) is 7. The highest BCUT2D eigenvalue weighted by Crippen LogP contribution is 2.40. The van der Waals surface area contributed by atoms with Crippen molar-refractivity contribution in [3.05, 3.63) is 33.4 Å². The number of fused-ring (bicyclic) bond motifs is 1. The van der Waals surface area contributed by atoms with Crippen molar-refractivity contribution in [3.63, 3.8) is 0 Å². The summed E-state index contributed by atoms with van der Waals surface area (Å²) in [4.78, 5) is 25.8. The van der Waals surface area contributed by atoms with Gasteiger partial charge in [0.2, 0.25) is 17.8 Å². The summed E-state index contributed by atoms with van der Waals surface area (Å²) >= 11 is 19.0. The van der Waals surface area contributed by atoms with Crippen LogP contribution in [0.5, 0.6) is 0 Å². The van der Waals surface area contributed by atoms with Crippen molar-refractivity contribution in [2.24, 2.45) is 11.7 Å². The van der Waals surface area contributed by atoms with Crippen molar-refractivity contribution in [3.8, 4) is 0 Å². The molecule has 1 atom stereocenters. The van der Waals surface area contributed by atoms with E-state index in [2.05, 4.69) is 20.2 Å². The second kappa shape index (κ2) is 10.3. The van der Waals surface area contributed by atoms with Gasteiger partial charge in [0, 0.05) is 23.6 Å². The van der Waals surface area contributed by atoms with Crippen LogP contribution in [0.15, 0.2) is 18.3 Å². The number of carbonyl (C=O) groups is 1. The highest BCUT2D eigenvalue weighted by atomic mass is 35.5. The molecule has 2 aromatic heterocycles. The van der Waals surface area contributed by atoms with E-state index < -0.39 is 0 Å². The van der Waals surface area contributed by atoms with Crippen LogP contribution in [0.2, 0.25) is 15.1 Å². The van der Waals surface area contributed by atoms with Crippen LogP contribution in [0.25, 0.3) is 11.2 Å². The summed E-state index contributed by atoms with van der Waals surface area (Å²) in [7, 11) is 0. The normalized spacial score (nSPS) is 22.8. The van der Waals surface area contributed by atoms with Gasteiger partial charge >= 0.3 is 0 Å². The number of hydrogen-bond donors (Lipinski definition) is 3. The number of amides is 1. The number of nitrogens with one attached hydrogen (secondary N) is 2. The van der Waals surface area contributed by atoms with Gasteiger partial charge in [0.05, 0.1) is 34.6 Å². The van der Waals surface area contributed by atoms with Crippen molar-refractivity contribution in [2.75, 3.05) is 23.8 Å². The van der Waals surface area contributed by atoms with Crippen LogP contribution in [-0.2, 0) is 9.53 Å². The van der Waals surface area contributed by atoms with E-state index in [1.807, 2.05) is 0 Å². The molecule has 1 aromatic carbocycles. The zero-order valence-electron chi connectivity index (χ0n) is 18.9. The van der Waals surface area contributed by atoms with E-state index in [4.69, 9.17) is 55.2 Å². The summed E-state index contributed by atoms with van der Waals surface area (Å²) in [5, 5.41) is 7.87. The van der Waals surface area contributed by atoms with Crippen LogP contribution < -0.4 is 16.4 Å². The van der Waals surface area contributed by atoms with Gasteiger partial charge in [0.25, 0.3) is 0 Å². The minimum atomic E-state index is -0.250. The van der Waals surface area contributed by atoms with Crippen LogP contribution in [0, 0.1) is 5.92 Å². The molecule has 0 spiro atoms. The Bertz CT molecular complexity index is 1210. The van der Waals surface area contributed by atoms with Crippen LogP contribution in [-0.4, -0.2) is 44.7 Å². The molecule has 0 radical (unpaired) electrons. The predicted octanol–water partition coefficient (Wildman–Crippen LogP) is 5.34. The fourth-order valence-electron chi connectivity index (χ4n) is 4.82. The average molecular weight is 539 g/mol. The zero-order chi connectivity index (χ0) is 24.5. The monoisotopic (exact) mass is 537 g/mol. The number of ether oxygens (including phenoxy) is 1. The third-order valence-corrected chi connectivity index (χ3v) is 7.45. The van der Waals surface area contributed by atoms with Crippen molar-refractivity contribution >= 4 is 69.5 Å². The maximum Gasteiger partial charge on any atom is 0.225 e. The van der Waals surface area contributed by atoms with Gasteiger partial charge in [0.1, 0.15) is 5.52 Å². The second-order valence-corrected chi connectivity index (χ2v) is 10.3. The van der Waals surface area contributed by atoms with Gasteiger partial charge in [-0.1, -0.05) is 34.8 Å². The molecule has 2 fully saturated rings. The molecular weight excluding hydrogens is 513 g/mol. The summed E-state index contributed by atoms with van der Waals surface area (Å²) in [6.45, 7) is 1.40. The minimum Gasteiger partial charge on any atom is -0.379 e. The summed E-state index contributed by atoms with van der Waals surface area (Å²) < 4.78 is 7.63. The Morgan fingerprint density at radius 2 is 1.83 bits per heavy atom. The van der Waals surface area contributed by atoms with Gasteiger partial charge in [-0.2, -0.15) is 4.98 Å². The van der Waals surface area contributed by atoms with E-state index in [0.717, 1.165) is 32.3 Å². The molecule has 1 saturated heterocycles. The van der Waals surface area contributed by atoms with Gasteiger partial charge in [-0.25, -0.2) is 9.97 Å². The molecule has 35 heavy (non-hydrogen) atoms. The molecule has 3 heterocycles. The number of imidazole rings is 1. The Morgan fingerprint density at radius 3 is 2.49 bits per heavy atom. The molecule has 0 bridgehead atoms. The number of anilines is 3. The van der Waals surface area contributed by atoms with Crippen molar-refractivity contribution in [1.29, 1.82) is 0 Å². The molecule has 9 nitrogen and oxygen atoms in total. The lowest BCUT2D eigenvalue weighted by molar-refractivity contribution is -0.122. The van der Waals surface area contributed by atoms with Gasteiger partial charge in [0.15, 0.2) is 5.65 Å². The second-order valence-electron chi connectivity index (χ2n) is 9.04. The van der Waals surface area contributed by atoms with Crippen LogP contribution in [0.4, 0.5) is 17.6 Å². The van der Waals surface area contributed by atoms with Crippen LogP contribution in [0.3, 0.4) is 0 Å². The molecular formula is C23H26Cl3N7O2. The first-order valence-electron chi connectivity index (χ1n) is 11.7. The molecule has 186 valence electrons. The number of nitrogens with two attached hydrogens (primary N) is 1. The maximum atomic E-state index is 11.7. The molecule has 3 aromatic rings. The maximum absolute atomic E-state index is 11.7. The molecule has 4 N–H and O–H groups in total.